The van der Waals surface area contributed by atoms with E-state index < -0.39 is 0 Å². The van der Waals surface area contributed by atoms with E-state index in [0.29, 0.717) is 30.0 Å². The first-order valence-corrected chi connectivity index (χ1v) is 11.2. The van der Waals surface area contributed by atoms with E-state index in [2.05, 4.69) is 39.8 Å². The summed E-state index contributed by atoms with van der Waals surface area (Å²) in [6, 6.07) is 23.2. The third-order valence-corrected chi connectivity index (χ3v) is 5.81. The fourth-order valence-corrected chi connectivity index (χ4v) is 4.10. The maximum atomic E-state index is 12.8. The van der Waals surface area contributed by atoms with E-state index in [9.17, 15) is 9.59 Å². The summed E-state index contributed by atoms with van der Waals surface area (Å²) in [6.07, 6.45) is 2.27. The molecule has 2 amide bonds. The highest BCUT2D eigenvalue weighted by Gasteiger charge is 2.17. The molecular formula is C27H29N3O3. The van der Waals surface area contributed by atoms with Crippen molar-refractivity contribution in [3.63, 3.8) is 0 Å². The molecular weight excluding hydrogens is 414 g/mol. The predicted molar refractivity (Wildman–Crippen MR) is 131 cm³/mol. The Morgan fingerprint density at radius 2 is 1.70 bits per heavy atom. The smallest absolute Gasteiger partial charge is 0.255 e. The number of carbonyl (C=O) groups excluding carboxylic acids is 2. The lowest BCUT2D eigenvalue weighted by Gasteiger charge is -2.31. The first-order valence-electron chi connectivity index (χ1n) is 11.2. The molecule has 170 valence electrons. The SMILES string of the molecule is COCCNC(=O)c1ccccc1NC(=O)c1ccc(CN2CCCc3ccccc32)cc1. The van der Waals surface area contributed by atoms with E-state index in [1.165, 1.54) is 11.3 Å². The van der Waals surface area contributed by atoms with Gasteiger partial charge in [-0.3, -0.25) is 9.59 Å². The standard InChI is InChI=1S/C27H29N3O3/c1-33-18-16-28-27(32)23-9-3-4-10-24(23)29-26(31)22-14-12-20(13-15-22)19-30-17-6-8-21-7-2-5-11-25(21)30/h2-5,7,9-15H,6,8,16-19H2,1H3,(H,28,32)(H,29,31). The molecule has 33 heavy (non-hydrogen) atoms. The van der Waals surface area contributed by atoms with Crippen molar-refractivity contribution in [2.75, 3.05) is 37.0 Å². The van der Waals surface area contributed by atoms with Crippen LogP contribution in [0.25, 0.3) is 0 Å². The second-order valence-corrected chi connectivity index (χ2v) is 8.10. The zero-order chi connectivity index (χ0) is 23.0. The van der Waals surface area contributed by atoms with Gasteiger partial charge in [-0.2, -0.15) is 0 Å². The molecule has 0 radical (unpaired) electrons. The van der Waals surface area contributed by atoms with Crippen LogP contribution in [0.1, 0.15) is 38.3 Å². The number of nitrogens with zero attached hydrogens (tertiary/aromatic N) is 1. The van der Waals surface area contributed by atoms with Crippen molar-refractivity contribution >= 4 is 23.2 Å². The predicted octanol–water partition coefficient (Wildman–Crippen LogP) is 4.27. The van der Waals surface area contributed by atoms with Crippen LogP contribution in [0, 0.1) is 0 Å². The van der Waals surface area contributed by atoms with Crippen LogP contribution in [0.5, 0.6) is 0 Å². The molecule has 1 aliphatic rings. The molecule has 1 aliphatic heterocycles. The van der Waals surface area contributed by atoms with Crippen molar-refractivity contribution in [2.45, 2.75) is 19.4 Å². The number of ether oxygens (including phenoxy) is 1. The monoisotopic (exact) mass is 443 g/mol. The number of amides is 2. The van der Waals surface area contributed by atoms with E-state index >= 15 is 0 Å². The molecule has 0 saturated heterocycles. The van der Waals surface area contributed by atoms with Crippen molar-refractivity contribution in [2.24, 2.45) is 0 Å². The minimum absolute atomic E-state index is 0.248. The van der Waals surface area contributed by atoms with Crippen LogP contribution in [0.15, 0.2) is 72.8 Å². The number of hydrogen-bond donors (Lipinski definition) is 2. The maximum Gasteiger partial charge on any atom is 0.255 e. The van der Waals surface area contributed by atoms with Crippen molar-refractivity contribution in [3.05, 3.63) is 95.1 Å². The molecule has 0 aliphatic carbocycles. The van der Waals surface area contributed by atoms with E-state index in [1.54, 1.807) is 31.4 Å². The van der Waals surface area contributed by atoms with Gasteiger partial charge in [-0.25, -0.2) is 0 Å². The summed E-state index contributed by atoms with van der Waals surface area (Å²) in [7, 11) is 1.58. The molecule has 3 aromatic rings. The Hall–Kier alpha value is -3.64. The Labute approximate surface area is 194 Å². The summed E-state index contributed by atoms with van der Waals surface area (Å²) < 4.78 is 4.97. The van der Waals surface area contributed by atoms with Crippen molar-refractivity contribution < 1.29 is 14.3 Å². The summed E-state index contributed by atoms with van der Waals surface area (Å²) in [6.45, 7) is 2.67. The van der Waals surface area contributed by atoms with Gasteiger partial charge in [0.05, 0.1) is 17.9 Å². The van der Waals surface area contributed by atoms with Crippen LogP contribution in [0.2, 0.25) is 0 Å². The zero-order valence-corrected chi connectivity index (χ0v) is 18.8. The minimum Gasteiger partial charge on any atom is -0.383 e. The quantitative estimate of drug-likeness (QED) is 0.510. The molecule has 0 spiro atoms. The lowest BCUT2D eigenvalue weighted by atomic mass is 10.0. The summed E-state index contributed by atoms with van der Waals surface area (Å²) in [5.74, 6) is -0.498. The Bertz CT molecular complexity index is 1110. The fraction of sp³-hybridized carbons (Fsp3) is 0.259. The van der Waals surface area contributed by atoms with E-state index in [1.807, 2.05) is 24.3 Å². The van der Waals surface area contributed by atoms with Crippen LogP contribution in [-0.2, 0) is 17.7 Å². The van der Waals surface area contributed by atoms with Gasteiger partial charge in [-0.05, 0) is 54.3 Å². The Balaban J connectivity index is 1.41. The van der Waals surface area contributed by atoms with Gasteiger partial charge in [0, 0.05) is 38.0 Å². The molecule has 0 aromatic heterocycles. The van der Waals surface area contributed by atoms with Crippen molar-refractivity contribution in [1.82, 2.24) is 5.32 Å². The normalized spacial score (nSPS) is 12.7. The van der Waals surface area contributed by atoms with E-state index in [-0.39, 0.29) is 11.8 Å². The first kappa shape index (κ1) is 22.6. The Morgan fingerprint density at radius 3 is 2.52 bits per heavy atom. The molecule has 1 heterocycles. The third kappa shape index (κ3) is 5.59. The molecule has 0 fully saturated rings. The largest absolute Gasteiger partial charge is 0.383 e. The summed E-state index contributed by atoms with van der Waals surface area (Å²) >= 11 is 0. The lowest BCUT2D eigenvalue weighted by Crippen LogP contribution is -2.28. The topological polar surface area (TPSA) is 70.7 Å². The molecule has 0 unspecified atom stereocenters. The number of benzene rings is 3. The number of methoxy groups -OCH3 is 1. The molecule has 2 N–H and O–H groups in total. The van der Waals surface area contributed by atoms with Crippen LogP contribution in [0.3, 0.4) is 0 Å². The number of nitrogens with one attached hydrogen (secondary N) is 2. The highest BCUT2D eigenvalue weighted by atomic mass is 16.5. The zero-order valence-electron chi connectivity index (χ0n) is 18.8. The maximum absolute atomic E-state index is 12.8. The average molecular weight is 444 g/mol. The molecule has 4 rings (SSSR count). The van der Waals surface area contributed by atoms with E-state index in [4.69, 9.17) is 4.74 Å². The molecule has 0 atom stereocenters. The molecule has 6 heteroatoms. The highest BCUT2D eigenvalue weighted by Crippen LogP contribution is 2.28. The molecule has 0 bridgehead atoms. The van der Waals surface area contributed by atoms with Crippen LogP contribution < -0.4 is 15.5 Å². The second-order valence-electron chi connectivity index (χ2n) is 8.10. The number of rotatable bonds is 8. The highest BCUT2D eigenvalue weighted by molar-refractivity contribution is 6.09. The molecule has 6 nitrogen and oxygen atoms in total. The van der Waals surface area contributed by atoms with Gasteiger partial charge in [0.15, 0.2) is 0 Å². The van der Waals surface area contributed by atoms with Crippen LogP contribution in [-0.4, -0.2) is 38.6 Å². The lowest BCUT2D eigenvalue weighted by molar-refractivity contribution is 0.0938. The minimum atomic E-state index is -0.250. The summed E-state index contributed by atoms with van der Waals surface area (Å²) in [4.78, 5) is 27.7. The number of fused-ring (bicyclic) bond motifs is 1. The van der Waals surface area contributed by atoms with Gasteiger partial charge < -0.3 is 20.3 Å². The van der Waals surface area contributed by atoms with Crippen LogP contribution >= 0.6 is 0 Å². The number of aryl methyl sites for hydroxylation is 1. The summed E-state index contributed by atoms with van der Waals surface area (Å²) in [5, 5.41) is 5.66. The first-order chi connectivity index (χ1) is 16.2. The van der Waals surface area contributed by atoms with E-state index in [0.717, 1.165) is 31.5 Å². The van der Waals surface area contributed by atoms with Gasteiger partial charge in [0.25, 0.3) is 11.8 Å². The fourth-order valence-electron chi connectivity index (χ4n) is 4.10. The average Bonchev–Trinajstić information content (AvgIpc) is 2.85. The third-order valence-electron chi connectivity index (χ3n) is 5.81. The summed E-state index contributed by atoms with van der Waals surface area (Å²) in [5.41, 5.74) is 5.29. The van der Waals surface area contributed by atoms with Gasteiger partial charge in [-0.1, -0.05) is 42.5 Å². The van der Waals surface area contributed by atoms with Crippen molar-refractivity contribution in [3.8, 4) is 0 Å². The molecule has 3 aromatic carbocycles. The number of carbonyl (C=O) groups is 2. The Kier molecular flexibility index (Phi) is 7.37. The van der Waals surface area contributed by atoms with Gasteiger partial charge in [-0.15, -0.1) is 0 Å². The molecule has 0 saturated carbocycles. The van der Waals surface area contributed by atoms with Crippen molar-refractivity contribution in [1.29, 1.82) is 0 Å². The van der Waals surface area contributed by atoms with Gasteiger partial charge >= 0.3 is 0 Å². The van der Waals surface area contributed by atoms with Crippen LogP contribution in [0.4, 0.5) is 11.4 Å². The number of hydrogen-bond acceptors (Lipinski definition) is 4. The Morgan fingerprint density at radius 1 is 0.939 bits per heavy atom. The van der Waals surface area contributed by atoms with Gasteiger partial charge in [0.1, 0.15) is 0 Å². The second kappa shape index (κ2) is 10.8. The number of para-hydroxylation sites is 2. The van der Waals surface area contributed by atoms with Gasteiger partial charge in [0.2, 0.25) is 0 Å². The number of anilines is 2.